The van der Waals surface area contributed by atoms with Gasteiger partial charge in [-0.15, -0.1) is 0 Å². The number of fused-ring (bicyclic) bond motifs is 2. The summed E-state index contributed by atoms with van der Waals surface area (Å²) in [4.78, 5) is 0. The zero-order valence-electron chi connectivity index (χ0n) is 9.17. The van der Waals surface area contributed by atoms with E-state index in [2.05, 4.69) is 5.32 Å². The van der Waals surface area contributed by atoms with Gasteiger partial charge in [0.25, 0.3) is 0 Å². The van der Waals surface area contributed by atoms with Crippen LogP contribution in [0, 0.1) is 5.82 Å². The van der Waals surface area contributed by atoms with E-state index in [0.29, 0.717) is 6.54 Å². The number of benzene rings is 1. The van der Waals surface area contributed by atoms with E-state index in [9.17, 15) is 9.50 Å². The molecule has 3 heteroatoms. The first kappa shape index (κ1) is 10.2. The highest BCUT2D eigenvalue weighted by molar-refractivity contribution is 5.40. The van der Waals surface area contributed by atoms with Crippen molar-refractivity contribution in [3.63, 3.8) is 0 Å². The molecule has 1 fully saturated rings. The van der Waals surface area contributed by atoms with Crippen molar-refractivity contribution in [1.29, 1.82) is 0 Å². The first-order valence-corrected chi connectivity index (χ1v) is 5.91. The van der Waals surface area contributed by atoms with Gasteiger partial charge >= 0.3 is 0 Å². The van der Waals surface area contributed by atoms with Gasteiger partial charge in [-0.2, -0.15) is 0 Å². The smallest absolute Gasteiger partial charge is 0.127 e. The normalized spacial score (nSPS) is 27.0. The highest BCUT2D eigenvalue weighted by Crippen LogP contribution is 2.47. The quantitative estimate of drug-likeness (QED) is 0.701. The maximum atomic E-state index is 14.0. The van der Waals surface area contributed by atoms with Crippen LogP contribution in [0.4, 0.5) is 4.39 Å². The van der Waals surface area contributed by atoms with Crippen LogP contribution in [0.2, 0.25) is 0 Å². The molecule has 1 aliphatic carbocycles. The van der Waals surface area contributed by atoms with Gasteiger partial charge in [0.2, 0.25) is 0 Å². The van der Waals surface area contributed by atoms with Crippen LogP contribution in [0.3, 0.4) is 0 Å². The number of halogens is 1. The molecule has 1 aromatic rings. The van der Waals surface area contributed by atoms with E-state index in [0.717, 1.165) is 36.9 Å². The molecule has 1 spiro atoms. The first-order valence-electron chi connectivity index (χ1n) is 5.91. The van der Waals surface area contributed by atoms with Crippen LogP contribution >= 0.6 is 0 Å². The van der Waals surface area contributed by atoms with E-state index in [-0.39, 0.29) is 11.2 Å². The molecule has 1 unspecified atom stereocenters. The molecule has 0 amide bonds. The van der Waals surface area contributed by atoms with Gasteiger partial charge < -0.3 is 10.4 Å². The van der Waals surface area contributed by atoms with Crippen molar-refractivity contribution in [2.45, 2.75) is 30.8 Å². The largest absolute Gasteiger partial charge is 0.387 e. The second-order valence-electron chi connectivity index (χ2n) is 4.98. The topological polar surface area (TPSA) is 32.3 Å². The Morgan fingerprint density at radius 3 is 2.88 bits per heavy atom. The molecule has 1 aliphatic heterocycles. The molecule has 2 nitrogen and oxygen atoms in total. The Hall–Kier alpha value is -0.930. The lowest BCUT2D eigenvalue weighted by Gasteiger charge is -2.42. The lowest BCUT2D eigenvalue weighted by molar-refractivity contribution is 0.176. The molecular weight excluding hydrogens is 205 g/mol. The Morgan fingerprint density at radius 2 is 2.19 bits per heavy atom. The summed E-state index contributed by atoms with van der Waals surface area (Å²) in [6, 6.07) is 5.06. The molecule has 2 N–H and O–H groups in total. The Balaban J connectivity index is 2.18. The van der Waals surface area contributed by atoms with E-state index in [1.54, 1.807) is 6.07 Å². The van der Waals surface area contributed by atoms with E-state index < -0.39 is 6.10 Å². The lowest BCUT2D eigenvalue weighted by atomic mass is 9.63. The molecule has 0 saturated heterocycles. The monoisotopic (exact) mass is 221 g/mol. The van der Waals surface area contributed by atoms with E-state index in [1.807, 2.05) is 6.07 Å². The molecule has 1 saturated carbocycles. The summed E-state index contributed by atoms with van der Waals surface area (Å²) in [5.41, 5.74) is 1.49. The van der Waals surface area contributed by atoms with Crippen molar-refractivity contribution in [1.82, 2.24) is 5.32 Å². The second kappa shape index (κ2) is 3.54. The van der Waals surface area contributed by atoms with Gasteiger partial charge in [-0.25, -0.2) is 4.39 Å². The summed E-state index contributed by atoms with van der Waals surface area (Å²) >= 11 is 0. The molecule has 3 rings (SSSR count). The van der Waals surface area contributed by atoms with Gasteiger partial charge in [-0.1, -0.05) is 18.6 Å². The zero-order valence-corrected chi connectivity index (χ0v) is 9.17. The number of aliphatic hydroxyl groups is 1. The highest BCUT2D eigenvalue weighted by Gasteiger charge is 2.43. The van der Waals surface area contributed by atoms with Gasteiger partial charge in [0.15, 0.2) is 0 Å². The summed E-state index contributed by atoms with van der Waals surface area (Å²) in [5.74, 6) is -0.153. The molecule has 1 atom stereocenters. The number of nitrogens with one attached hydrogen (secondary N) is 1. The van der Waals surface area contributed by atoms with Crippen LogP contribution in [0.15, 0.2) is 18.2 Å². The van der Waals surface area contributed by atoms with Crippen LogP contribution in [0.1, 0.15) is 36.5 Å². The van der Waals surface area contributed by atoms with Crippen molar-refractivity contribution >= 4 is 0 Å². The maximum absolute atomic E-state index is 14.0. The zero-order chi connectivity index (χ0) is 11.2. The van der Waals surface area contributed by atoms with Crippen molar-refractivity contribution in [2.75, 3.05) is 13.1 Å². The van der Waals surface area contributed by atoms with Gasteiger partial charge in [-0.05, 0) is 24.5 Å². The van der Waals surface area contributed by atoms with E-state index in [4.69, 9.17) is 0 Å². The fourth-order valence-corrected chi connectivity index (χ4v) is 3.05. The fourth-order valence-electron chi connectivity index (χ4n) is 3.05. The standard InChI is InChI=1S/C13H16FNO/c14-10-4-1-3-9-11(16)7-15-8-13(12(9)10)5-2-6-13/h1,3-4,11,15-16H,2,5-8H2. The van der Waals surface area contributed by atoms with Crippen LogP contribution in [0.5, 0.6) is 0 Å². The summed E-state index contributed by atoms with van der Waals surface area (Å²) in [6.45, 7) is 1.32. The lowest BCUT2D eigenvalue weighted by Crippen LogP contribution is -2.43. The number of rotatable bonds is 0. The van der Waals surface area contributed by atoms with Gasteiger partial charge in [0.1, 0.15) is 5.82 Å². The molecule has 16 heavy (non-hydrogen) atoms. The second-order valence-corrected chi connectivity index (χ2v) is 4.98. The Kier molecular flexibility index (Phi) is 2.26. The minimum absolute atomic E-state index is 0.0574. The average molecular weight is 221 g/mol. The van der Waals surface area contributed by atoms with Gasteiger partial charge in [0, 0.05) is 24.1 Å². The van der Waals surface area contributed by atoms with Crippen LogP contribution in [0.25, 0.3) is 0 Å². The summed E-state index contributed by atoms with van der Waals surface area (Å²) in [5, 5.41) is 13.2. The minimum atomic E-state index is -0.578. The van der Waals surface area contributed by atoms with E-state index >= 15 is 0 Å². The summed E-state index contributed by atoms with van der Waals surface area (Å²) < 4.78 is 14.0. The Morgan fingerprint density at radius 1 is 1.38 bits per heavy atom. The van der Waals surface area contributed by atoms with Gasteiger partial charge in [-0.3, -0.25) is 0 Å². The molecular formula is C13H16FNO. The SMILES string of the molecule is OC1CNCC2(CCC2)c2c(F)cccc21. The van der Waals surface area contributed by atoms with Crippen molar-refractivity contribution in [3.05, 3.63) is 35.1 Å². The first-order chi connectivity index (χ1) is 7.73. The minimum Gasteiger partial charge on any atom is -0.387 e. The fraction of sp³-hybridized carbons (Fsp3) is 0.538. The number of aliphatic hydroxyl groups excluding tert-OH is 1. The number of β-amino-alcohol motifs (C(OH)–C–C–N with tert-alkyl or cyclic N) is 1. The molecule has 1 aromatic carbocycles. The third-order valence-corrected chi connectivity index (χ3v) is 4.05. The molecule has 86 valence electrons. The Labute approximate surface area is 94.5 Å². The third-order valence-electron chi connectivity index (χ3n) is 4.05. The van der Waals surface area contributed by atoms with Crippen molar-refractivity contribution < 1.29 is 9.50 Å². The molecule has 2 aliphatic rings. The van der Waals surface area contributed by atoms with Crippen LogP contribution < -0.4 is 5.32 Å². The van der Waals surface area contributed by atoms with Crippen LogP contribution in [-0.4, -0.2) is 18.2 Å². The third kappa shape index (κ3) is 1.31. The summed E-state index contributed by atoms with van der Waals surface area (Å²) in [6.07, 6.45) is 2.64. The summed E-state index contributed by atoms with van der Waals surface area (Å²) in [7, 11) is 0. The highest BCUT2D eigenvalue weighted by atomic mass is 19.1. The predicted octanol–water partition coefficient (Wildman–Crippen LogP) is 1.88. The predicted molar refractivity (Wildman–Crippen MR) is 59.8 cm³/mol. The molecule has 1 heterocycles. The van der Waals surface area contributed by atoms with Crippen molar-refractivity contribution in [2.24, 2.45) is 0 Å². The van der Waals surface area contributed by atoms with E-state index in [1.165, 1.54) is 6.07 Å². The van der Waals surface area contributed by atoms with Crippen molar-refractivity contribution in [3.8, 4) is 0 Å². The molecule has 0 radical (unpaired) electrons. The Bertz CT molecular complexity index is 414. The average Bonchev–Trinajstić information content (AvgIpc) is 2.36. The van der Waals surface area contributed by atoms with Crippen LogP contribution in [-0.2, 0) is 5.41 Å². The molecule has 0 bridgehead atoms. The number of hydrogen-bond donors (Lipinski definition) is 2. The maximum Gasteiger partial charge on any atom is 0.127 e. The van der Waals surface area contributed by atoms with Gasteiger partial charge in [0.05, 0.1) is 6.10 Å². The molecule has 0 aromatic heterocycles. The number of hydrogen-bond acceptors (Lipinski definition) is 2.